The van der Waals surface area contributed by atoms with E-state index in [-0.39, 0.29) is 11.8 Å². The first-order chi connectivity index (χ1) is 14.9. The van der Waals surface area contributed by atoms with E-state index in [9.17, 15) is 9.59 Å². The number of nitrogens with zero attached hydrogens (tertiary/aromatic N) is 2. The second-order valence-electron chi connectivity index (χ2n) is 6.64. The monoisotopic (exact) mass is 472 g/mol. The lowest BCUT2D eigenvalue weighted by Crippen LogP contribution is -2.18. The van der Waals surface area contributed by atoms with Crippen LogP contribution in [-0.2, 0) is 4.79 Å². The zero-order valence-electron chi connectivity index (χ0n) is 16.5. The average molecular weight is 473 g/mol. The first kappa shape index (κ1) is 21.2. The van der Waals surface area contributed by atoms with Gasteiger partial charge >= 0.3 is 0 Å². The molecule has 1 atom stereocenters. The molecule has 7 nitrogen and oxygen atoms in total. The van der Waals surface area contributed by atoms with Crippen LogP contribution in [0.25, 0.3) is 10.2 Å². The number of carbonyl (C=O) groups excluding carboxylic acids is 2. The zero-order chi connectivity index (χ0) is 22.0. The SMILES string of the molecule is COc1cc(NC(=O)c2cscn2)cc2sc(NC(=O)C(C)c3cccc(Cl)c3)nc12. The molecule has 2 heterocycles. The number of rotatable bonds is 6. The summed E-state index contributed by atoms with van der Waals surface area (Å²) in [4.78, 5) is 33.5. The molecule has 0 radical (unpaired) electrons. The topological polar surface area (TPSA) is 93.2 Å². The third-order valence-electron chi connectivity index (χ3n) is 4.57. The minimum atomic E-state index is -0.402. The highest BCUT2D eigenvalue weighted by Gasteiger charge is 2.19. The van der Waals surface area contributed by atoms with Crippen molar-refractivity contribution < 1.29 is 14.3 Å². The molecule has 0 saturated carbocycles. The van der Waals surface area contributed by atoms with Gasteiger partial charge in [-0.15, -0.1) is 11.3 Å². The van der Waals surface area contributed by atoms with Gasteiger partial charge < -0.3 is 15.4 Å². The van der Waals surface area contributed by atoms with Gasteiger partial charge in [0, 0.05) is 22.2 Å². The molecule has 2 aromatic heterocycles. The van der Waals surface area contributed by atoms with Gasteiger partial charge in [-0.25, -0.2) is 9.97 Å². The van der Waals surface area contributed by atoms with Crippen molar-refractivity contribution in [3.05, 3.63) is 63.6 Å². The lowest BCUT2D eigenvalue weighted by atomic mass is 10.0. The first-order valence-electron chi connectivity index (χ1n) is 9.19. The van der Waals surface area contributed by atoms with E-state index >= 15 is 0 Å². The zero-order valence-corrected chi connectivity index (χ0v) is 18.9. The van der Waals surface area contributed by atoms with Gasteiger partial charge in [0.25, 0.3) is 5.91 Å². The number of hydrogen-bond acceptors (Lipinski definition) is 7. The van der Waals surface area contributed by atoms with Crippen molar-refractivity contribution in [1.29, 1.82) is 0 Å². The second-order valence-corrected chi connectivity index (χ2v) is 8.82. The Bertz CT molecular complexity index is 1260. The summed E-state index contributed by atoms with van der Waals surface area (Å²) >= 11 is 8.68. The van der Waals surface area contributed by atoms with Crippen LogP contribution in [-0.4, -0.2) is 28.9 Å². The van der Waals surface area contributed by atoms with E-state index in [1.165, 1.54) is 29.8 Å². The van der Waals surface area contributed by atoms with Gasteiger partial charge in [0.1, 0.15) is 17.0 Å². The third-order valence-corrected chi connectivity index (χ3v) is 6.31. The number of hydrogen-bond donors (Lipinski definition) is 2. The van der Waals surface area contributed by atoms with Crippen LogP contribution >= 0.6 is 34.3 Å². The van der Waals surface area contributed by atoms with Crippen LogP contribution in [0.5, 0.6) is 5.75 Å². The van der Waals surface area contributed by atoms with Crippen molar-refractivity contribution in [3.63, 3.8) is 0 Å². The molecule has 31 heavy (non-hydrogen) atoms. The van der Waals surface area contributed by atoms with E-state index in [4.69, 9.17) is 16.3 Å². The molecular formula is C21H17ClN4O3S2. The molecule has 2 amide bonds. The maximum atomic E-state index is 12.7. The van der Waals surface area contributed by atoms with Gasteiger partial charge in [-0.3, -0.25) is 9.59 Å². The van der Waals surface area contributed by atoms with E-state index in [1.807, 2.05) is 12.1 Å². The summed E-state index contributed by atoms with van der Waals surface area (Å²) in [5.74, 6) is -0.417. The average Bonchev–Trinajstić information content (AvgIpc) is 3.42. The van der Waals surface area contributed by atoms with Crippen molar-refractivity contribution in [3.8, 4) is 5.75 Å². The second kappa shape index (κ2) is 9.01. The lowest BCUT2D eigenvalue weighted by Gasteiger charge is -2.11. The van der Waals surface area contributed by atoms with Gasteiger partial charge in [-0.05, 0) is 30.7 Å². The number of thiazole rings is 2. The Morgan fingerprint density at radius 3 is 2.74 bits per heavy atom. The predicted octanol–water partition coefficient (Wildman–Crippen LogP) is 5.41. The fourth-order valence-electron chi connectivity index (χ4n) is 2.94. The summed E-state index contributed by atoms with van der Waals surface area (Å²) in [6, 6.07) is 10.7. The van der Waals surface area contributed by atoms with Gasteiger partial charge in [0.2, 0.25) is 5.91 Å². The summed E-state index contributed by atoms with van der Waals surface area (Å²) in [6.07, 6.45) is 0. The molecule has 1 unspecified atom stereocenters. The fourth-order valence-corrected chi connectivity index (χ4v) is 4.60. The number of fused-ring (bicyclic) bond motifs is 1. The molecule has 0 saturated heterocycles. The number of aromatic nitrogens is 2. The molecule has 0 aliphatic heterocycles. The van der Waals surface area contributed by atoms with Crippen molar-refractivity contribution in [2.24, 2.45) is 0 Å². The molecule has 0 aliphatic rings. The summed E-state index contributed by atoms with van der Waals surface area (Å²) in [5, 5.41) is 8.36. The minimum Gasteiger partial charge on any atom is -0.494 e. The molecule has 158 valence electrons. The molecular weight excluding hydrogens is 456 g/mol. The van der Waals surface area contributed by atoms with Crippen LogP contribution < -0.4 is 15.4 Å². The quantitative estimate of drug-likeness (QED) is 0.391. The highest BCUT2D eigenvalue weighted by molar-refractivity contribution is 7.22. The van der Waals surface area contributed by atoms with E-state index in [0.717, 1.165) is 10.3 Å². The summed E-state index contributed by atoms with van der Waals surface area (Å²) < 4.78 is 6.20. The summed E-state index contributed by atoms with van der Waals surface area (Å²) in [7, 11) is 1.53. The smallest absolute Gasteiger partial charge is 0.275 e. The first-order valence-corrected chi connectivity index (χ1v) is 11.3. The molecule has 0 aliphatic carbocycles. The normalized spacial score (nSPS) is 11.8. The maximum absolute atomic E-state index is 12.7. The van der Waals surface area contributed by atoms with Gasteiger partial charge in [0.15, 0.2) is 5.13 Å². The number of halogens is 1. The minimum absolute atomic E-state index is 0.197. The van der Waals surface area contributed by atoms with Gasteiger partial charge in [-0.2, -0.15) is 0 Å². The molecule has 2 aromatic carbocycles. The van der Waals surface area contributed by atoms with E-state index < -0.39 is 5.92 Å². The number of methoxy groups -OCH3 is 1. The highest BCUT2D eigenvalue weighted by Crippen LogP contribution is 2.36. The third kappa shape index (κ3) is 4.68. The van der Waals surface area contributed by atoms with Crippen molar-refractivity contribution in [1.82, 2.24) is 9.97 Å². The van der Waals surface area contributed by atoms with E-state index in [2.05, 4.69) is 20.6 Å². The Balaban J connectivity index is 1.57. The fraction of sp³-hybridized carbons (Fsp3) is 0.143. The number of amides is 2. The lowest BCUT2D eigenvalue weighted by molar-refractivity contribution is -0.117. The number of anilines is 2. The van der Waals surface area contributed by atoms with Crippen LogP contribution in [0, 0.1) is 0 Å². The van der Waals surface area contributed by atoms with Gasteiger partial charge in [0.05, 0.1) is 23.2 Å². The van der Waals surface area contributed by atoms with Crippen molar-refractivity contribution in [2.75, 3.05) is 17.7 Å². The largest absolute Gasteiger partial charge is 0.494 e. The van der Waals surface area contributed by atoms with Crippen LogP contribution in [0.1, 0.15) is 28.9 Å². The van der Waals surface area contributed by atoms with Crippen LogP contribution in [0.4, 0.5) is 10.8 Å². The molecule has 0 bridgehead atoms. The molecule has 0 spiro atoms. The van der Waals surface area contributed by atoms with Crippen LogP contribution in [0.3, 0.4) is 0 Å². The number of carbonyl (C=O) groups is 2. The molecule has 4 aromatic rings. The highest BCUT2D eigenvalue weighted by atomic mass is 35.5. The maximum Gasteiger partial charge on any atom is 0.275 e. The van der Waals surface area contributed by atoms with Crippen LogP contribution in [0.2, 0.25) is 5.02 Å². The van der Waals surface area contributed by atoms with Crippen molar-refractivity contribution in [2.45, 2.75) is 12.8 Å². The Labute approximate surface area is 191 Å². The van der Waals surface area contributed by atoms with E-state index in [1.54, 1.807) is 42.1 Å². The Morgan fingerprint density at radius 1 is 1.19 bits per heavy atom. The number of benzene rings is 2. The van der Waals surface area contributed by atoms with Crippen molar-refractivity contribution >= 4 is 67.1 Å². The molecule has 2 N–H and O–H groups in total. The Kier molecular flexibility index (Phi) is 6.17. The molecule has 0 fully saturated rings. The summed E-state index contributed by atoms with van der Waals surface area (Å²) in [6.45, 7) is 1.81. The Hall–Kier alpha value is -3.01. The molecule has 10 heteroatoms. The predicted molar refractivity (Wildman–Crippen MR) is 125 cm³/mol. The number of ether oxygens (including phenoxy) is 1. The molecule has 4 rings (SSSR count). The van der Waals surface area contributed by atoms with Gasteiger partial charge in [-0.1, -0.05) is 35.1 Å². The number of nitrogens with one attached hydrogen (secondary N) is 2. The standard InChI is InChI=1S/C21H17ClN4O3S2/c1-11(12-4-3-5-13(22)6-12)19(27)26-21-25-18-16(29-2)7-14(8-17(18)31-21)24-20(28)15-9-30-10-23-15/h3-11H,1-2H3,(H,24,28)(H,25,26,27). The van der Waals surface area contributed by atoms with E-state index in [0.29, 0.717) is 32.8 Å². The summed E-state index contributed by atoms with van der Waals surface area (Å²) in [5.41, 5.74) is 3.91. The Morgan fingerprint density at radius 2 is 2.03 bits per heavy atom. The van der Waals surface area contributed by atoms with Crippen LogP contribution in [0.15, 0.2) is 47.3 Å².